The van der Waals surface area contributed by atoms with E-state index in [9.17, 15) is 0 Å². The molecule has 0 atom stereocenters. The van der Waals surface area contributed by atoms with Crippen molar-refractivity contribution in [1.82, 2.24) is 4.98 Å². The summed E-state index contributed by atoms with van der Waals surface area (Å²) in [7, 11) is 0. The number of hydrogen-bond donors (Lipinski definition) is 2. The first-order chi connectivity index (χ1) is 8.58. The van der Waals surface area contributed by atoms with Gasteiger partial charge in [0.2, 0.25) is 0 Å². The van der Waals surface area contributed by atoms with Gasteiger partial charge in [-0.05, 0) is 18.1 Å². The highest BCUT2D eigenvalue weighted by Crippen LogP contribution is 2.26. The molecule has 0 fully saturated rings. The van der Waals surface area contributed by atoms with E-state index < -0.39 is 0 Å². The molecule has 3 N–H and O–H groups in total. The van der Waals surface area contributed by atoms with Gasteiger partial charge in [-0.3, -0.25) is 0 Å². The van der Waals surface area contributed by atoms with Crippen LogP contribution < -0.4 is 11.1 Å². The number of rotatable bonds is 4. The molecule has 0 radical (unpaired) electrons. The molecule has 0 saturated heterocycles. The third kappa shape index (κ3) is 2.86. The van der Waals surface area contributed by atoms with Crippen LogP contribution in [0.15, 0.2) is 29.6 Å². The third-order valence-corrected chi connectivity index (χ3v) is 3.54. The van der Waals surface area contributed by atoms with Gasteiger partial charge in [0.25, 0.3) is 0 Å². The number of thiazole rings is 1. The van der Waals surface area contributed by atoms with Crippen molar-refractivity contribution in [2.75, 3.05) is 5.32 Å². The molecule has 0 aliphatic rings. The molecule has 0 bridgehead atoms. The van der Waals surface area contributed by atoms with Crippen molar-refractivity contribution >= 4 is 39.4 Å². The van der Waals surface area contributed by atoms with E-state index >= 15 is 0 Å². The summed E-state index contributed by atoms with van der Waals surface area (Å²) in [6.45, 7) is 4.25. The van der Waals surface area contributed by atoms with Crippen LogP contribution in [0.2, 0.25) is 0 Å². The normalized spacial score (nSPS) is 10.6. The number of nitrogens with two attached hydrogens (primary N) is 1. The van der Waals surface area contributed by atoms with Crippen LogP contribution in [0.1, 0.15) is 31.0 Å². The molecule has 5 heteroatoms. The number of hydrogen-bond acceptors (Lipinski definition) is 4. The van der Waals surface area contributed by atoms with Gasteiger partial charge >= 0.3 is 0 Å². The fraction of sp³-hybridized carbons (Fsp3) is 0.231. The van der Waals surface area contributed by atoms with E-state index in [4.69, 9.17) is 18.0 Å². The number of nitrogens with one attached hydrogen (secondary N) is 1. The molecule has 2 rings (SSSR count). The number of nitrogens with zero attached hydrogens (tertiary/aromatic N) is 1. The topological polar surface area (TPSA) is 50.9 Å². The predicted molar refractivity (Wildman–Crippen MR) is 81.8 cm³/mol. The first-order valence-electron chi connectivity index (χ1n) is 5.69. The summed E-state index contributed by atoms with van der Waals surface area (Å²) in [5.41, 5.74) is 8.53. The van der Waals surface area contributed by atoms with E-state index in [0.29, 0.717) is 10.9 Å². The number of benzene rings is 1. The van der Waals surface area contributed by atoms with Gasteiger partial charge in [-0.1, -0.05) is 38.2 Å². The van der Waals surface area contributed by atoms with E-state index in [1.807, 2.05) is 24.3 Å². The molecule has 94 valence electrons. The van der Waals surface area contributed by atoms with Crippen LogP contribution in [0.25, 0.3) is 0 Å². The number of anilines is 2. The highest BCUT2D eigenvalue weighted by atomic mass is 32.1. The fourth-order valence-corrected chi connectivity index (χ4v) is 2.59. The molecular weight excluding hydrogens is 262 g/mol. The standard InChI is InChI=1S/C13H15N3S2/c1-8(2)11-7-18-13(16-11)15-10-6-4-3-5-9(10)12(14)17/h3-8H,1-2H3,(H2,14,17)(H,15,16). The lowest BCUT2D eigenvalue weighted by atomic mass is 10.2. The molecule has 0 saturated carbocycles. The van der Waals surface area contributed by atoms with Gasteiger partial charge in [0.15, 0.2) is 5.13 Å². The second-order valence-corrected chi connectivity index (χ2v) is 5.56. The van der Waals surface area contributed by atoms with Crippen LogP contribution in [-0.2, 0) is 0 Å². The molecule has 1 heterocycles. The average Bonchev–Trinajstić information content (AvgIpc) is 2.78. The minimum Gasteiger partial charge on any atom is -0.389 e. The van der Waals surface area contributed by atoms with E-state index in [2.05, 4.69) is 29.5 Å². The molecule has 2 aromatic rings. The Morgan fingerprint density at radius 1 is 1.39 bits per heavy atom. The molecular formula is C13H15N3S2. The SMILES string of the molecule is CC(C)c1csc(Nc2ccccc2C(N)=S)n1. The maximum atomic E-state index is 5.70. The largest absolute Gasteiger partial charge is 0.389 e. The highest BCUT2D eigenvalue weighted by molar-refractivity contribution is 7.80. The van der Waals surface area contributed by atoms with Crippen molar-refractivity contribution in [2.24, 2.45) is 5.73 Å². The Morgan fingerprint density at radius 3 is 2.72 bits per heavy atom. The van der Waals surface area contributed by atoms with Gasteiger partial charge in [0, 0.05) is 10.9 Å². The molecule has 18 heavy (non-hydrogen) atoms. The smallest absolute Gasteiger partial charge is 0.187 e. The van der Waals surface area contributed by atoms with Crippen LogP contribution in [0.5, 0.6) is 0 Å². The van der Waals surface area contributed by atoms with Gasteiger partial charge in [-0.25, -0.2) is 4.98 Å². The summed E-state index contributed by atoms with van der Waals surface area (Å²) >= 11 is 6.62. The van der Waals surface area contributed by atoms with E-state index in [1.165, 1.54) is 0 Å². The first-order valence-corrected chi connectivity index (χ1v) is 6.98. The van der Waals surface area contributed by atoms with Gasteiger partial charge in [-0.2, -0.15) is 0 Å². The first kappa shape index (κ1) is 13.0. The quantitative estimate of drug-likeness (QED) is 0.838. The zero-order valence-corrected chi connectivity index (χ0v) is 11.9. The van der Waals surface area contributed by atoms with Crippen LogP contribution in [0.3, 0.4) is 0 Å². The second-order valence-electron chi connectivity index (χ2n) is 4.27. The fourth-order valence-electron chi connectivity index (χ4n) is 1.53. The lowest BCUT2D eigenvalue weighted by molar-refractivity contribution is 0.834. The van der Waals surface area contributed by atoms with Crippen LogP contribution in [0.4, 0.5) is 10.8 Å². The second kappa shape index (κ2) is 5.46. The molecule has 0 aliphatic carbocycles. The van der Waals surface area contributed by atoms with E-state index in [1.54, 1.807) is 11.3 Å². The van der Waals surface area contributed by atoms with Crippen LogP contribution in [0, 0.1) is 0 Å². The van der Waals surface area contributed by atoms with Crippen molar-refractivity contribution in [3.8, 4) is 0 Å². The highest BCUT2D eigenvalue weighted by Gasteiger charge is 2.08. The molecule has 1 aromatic carbocycles. The van der Waals surface area contributed by atoms with Crippen molar-refractivity contribution < 1.29 is 0 Å². The molecule has 3 nitrogen and oxygen atoms in total. The maximum absolute atomic E-state index is 5.70. The summed E-state index contributed by atoms with van der Waals surface area (Å²) in [5.74, 6) is 0.433. The summed E-state index contributed by atoms with van der Waals surface area (Å²) < 4.78 is 0. The lowest BCUT2D eigenvalue weighted by Gasteiger charge is -2.08. The zero-order valence-electron chi connectivity index (χ0n) is 10.3. The average molecular weight is 277 g/mol. The molecule has 0 spiro atoms. The third-order valence-electron chi connectivity index (χ3n) is 2.55. The Bertz CT molecular complexity index is 561. The Balaban J connectivity index is 2.25. The van der Waals surface area contributed by atoms with Crippen molar-refractivity contribution in [3.63, 3.8) is 0 Å². The van der Waals surface area contributed by atoms with Crippen molar-refractivity contribution in [1.29, 1.82) is 0 Å². The Hall–Kier alpha value is -1.46. The summed E-state index contributed by atoms with van der Waals surface area (Å²) in [6, 6.07) is 7.72. The molecule has 1 aromatic heterocycles. The van der Waals surface area contributed by atoms with Crippen molar-refractivity contribution in [2.45, 2.75) is 19.8 Å². The number of para-hydroxylation sites is 1. The van der Waals surface area contributed by atoms with E-state index in [-0.39, 0.29) is 0 Å². The minimum atomic E-state index is 0.388. The van der Waals surface area contributed by atoms with Gasteiger partial charge in [0.1, 0.15) is 4.99 Å². The van der Waals surface area contributed by atoms with Crippen LogP contribution in [-0.4, -0.2) is 9.97 Å². The number of thiocarbonyl (C=S) groups is 1. The van der Waals surface area contributed by atoms with Crippen LogP contribution >= 0.6 is 23.6 Å². The molecule has 0 aliphatic heterocycles. The molecule has 0 amide bonds. The Labute approximate surface area is 116 Å². The van der Waals surface area contributed by atoms with Gasteiger partial charge in [0.05, 0.1) is 11.4 Å². The summed E-state index contributed by atoms with van der Waals surface area (Å²) in [4.78, 5) is 4.92. The summed E-state index contributed by atoms with van der Waals surface area (Å²) in [5, 5.41) is 6.20. The van der Waals surface area contributed by atoms with Crippen molar-refractivity contribution in [3.05, 3.63) is 40.9 Å². The van der Waals surface area contributed by atoms with E-state index in [0.717, 1.165) is 22.1 Å². The summed E-state index contributed by atoms with van der Waals surface area (Å²) in [6.07, 6.45) is 0. The number of aromatic nitrogens is 1. The maximum Gasteiger partial charge on any atom is 0.187 e. The Kier molecular flexibility index (Phi) is 3.93. The monoisotopic (exact) mass is 277 g/mol. The zero-order chi connectivity index (χ0) is 13.1. The molecule has 0 unspecified atom stereocenters. The van der Waals surface area contributed by atoms with Gasteiger partial charge in [-0.15, -0.1) is 11.3 Å². The Morgan fingerprint density at radius 2 is 2.11 bits per heavy atom. The van der Waals surface area contributed by atoms with Gasteiger partial charge < -0.3 is 11.1 Å². The predicted octanol–water partition coefficient (Wildman–Crippen LogP) is 3.64. The minimum absolute atomic E-state index is 0.388. The lowest BCUT2D eigenvalue weighted by Crippen LogP contribution is -2.11.